The summed E-state index contributed by atoms with van der Waals surface area (Å²) < 4.78 is 15.7. The Morgan fingerprint density at radius 1 is 1.14 bits per heavy atom. The molecule has 0 unspecified atom stereocenters. The molecule has 0 aliphatic rings. The van der Waals surface area contributed by atoms with Gasteiger partial charge in [-0.25, -0.2) is 4.39 Å². The van der Waals surface area contributed by atoms with Gasteiger partial charge in [0, 0.05) is 17.8 Å². The van der Waals surface area contributed by atoms with Crippen LogP contribution in [0.1, 0.15) is 5.56 Å². The second kappa shape index (κ2) is 6.50. The highest BCUT2D eigenvalue weighted by Gasteiger charge is 2.14. The van der Waals surface area contributed by atoms with Crippen LogP contribution in [0.4, 0.5) is 4.39 Å². The lowest BCUT2D eigenvalue weighted by Crippen LogP contribution is -1.96. The van der Waals surface area contributed by atoms with Gasteiger partial charge in [0.2, 0.25) is 0 Å². The van der Waals surface area contributed by atoms with E-state index in [1.807, 2.05) is 31.3 Å². The van der Waals surface area contributed by atoms with Gasteiger partial charge in [0.15, 0.2) is 11.0 Å². The van der Waals surface area contributed by atoms with Crippen LogP contribution >= 0.6 is 23.4 Å². The second-order valence-electron chi connectivity index (χ2n) is 4.76. The van der Waals surface area contributed by atoms with Crippen LogP contribution in [-0.4, -0.2) is 14.8 Å². The molecule has 0 atom stereocenters. The lowest BCUT2D eigenvalue weighted by atomic mass is 10.2. The first-order chi connectivity index (χ1) is 10.6. The zero-order valence-corrected chi connectivity index (χ0v) is 13.4. The summed E-state index contributed by atoms with van der Waals surface area (Å²) in [6.45, 7) is 0. The van der Waals surface area contributed by atoms with Crippen molar-refractivity contribution in [3.63, 3.8) is 0 Å². The first kappa shape index (κ1) is 15.1. The molecule has 0 aliphatic carbocycles. The van der Waals surface area contributed by atoms with Crippen molar-refractivity contribution >= 4 is 23.4 Å². The van der Waals surface area contributed by atoms with Crippen LogP contribution in [0.5, 0.6) is 0 Å². The standard InChI is InChI=1S/C16H13ClFN3S/c1-21-15(13-7-2-3-8-14(13)18)19-20-16(21)22-10-11-5-4-6-12(17)9-11/h2-9H,10H2,1H3. The average molecular weight is 334 g/mol. The summed E-state index contributed by atoms with van der Waals surface area (Å²) >= 11 is 7.51. The van der Waals surface area contributed by atoms with E-state index < -0.39 is 0 Å². The van der Waals surface area contributed by atoms with Crippen LogP contribution in [0.3, 0.4) is 0 Å². The van der Waals surface area contributed by atoms with Gasteiger partial charge in [-0.1, -0.05) is 47.6 Å². The average Bonchev–Trinajstić information content (AvgIpc) is 2.87. The fourth-order valence-electron chi connectivity index (χ4n) is 2.09. The van der Waals surface area contributed by atoms with E-state index in [2.05, 4.69) is 10.2 Å². The van der Waals surface area contributed by atoms with Gasteiger partial charge in [-0.15, -0.1) is 10.2 Å². The van der Waals surface area contributed by atoms with E-state index in [9.17, 15) is 4.39 Å². The second-order valence-corrected chi connectivity index (χ2v) is 6.14. The smallest absolute Gasteiger partial charge is 0.191 e. The molecule has 0 saturated heterocycles. The Balaban J connectivity index is 1.81. The topological polar surface area (TPSA) is 30.7 Å². The fraction of sp³-hybridized carbons (Fsp3) is 0.125. The number of rotatable bonds is 4. The maximum atomic E-state index is 13.9. The number of hydrogen-bond donors (Lipinski definition) is 0. The molecule has 3 nitrogen and oxygen atoms in total. The predicted octanol–water partition coefficient (Wildman–Crippen LogP) is 4.57. The Labute approximate surface area is 137 Å². The van der Waals surface area contributed by atoms with Crippen LogP contribution in [-0.2, 0) is 12.8 Å². The van der Waals surface area contributed by atoms with Gasteiger partial charge in [0.25, 0.3) is 0 Å². The molecule has 22 heavy (non-hydrogen) atoms. The zero-order valence-electron chi connectivity index (χ0n) is 11.8. The van der Waals surface area contributed by atoms with Crippen molar-refractivity contribution in [2.75, 3.05) is 0 Å². The molecule has 0 aliphatic heterocycles. The van der Waals surface area contributed by atoms with Gasteiger partial charge in [0.05, 0.1) is 5.56 Å². The molecule has 1 aromatic heterocycles. The number of hydrogen-bond acceptors (Lipinski definition) is 3. The Morgan fingerprint density at radius 2 is 1.95 bits per heavy atom. The number of halogens is 2. The molecule has 2 aromatic carbocycles. The lowest BCUT2D eigenvalue weighted by Gasteiger charge is -2.05. The summed E-state index contributed by atoms with van der Waals surface area (Å²) in [6.07, 6.45) is 0. The quantitative estimate of drug-likeness (QED) is 0.655. The molecule has 0 bridgehead atoms. The van der Waals surface area contributed by atoms with Gasteiger partial charge in [-0.3, -0.25) is 0 Å². The molecule has 0 spiro atoms. The summed E-state index contributed by atoms with van der Waals surface area (Å²) in [5.74, 6) is 0.945. The molecule has 0 amide bonds. The Bertz CT molecular complexity index is 804. The number of aromatic nitrogens is 3. The van der Waals surface area contributed by atoms with Crippen LogP contribution in [0.2, 0.25) is 5.02 Å². The largest absolute Gasteiger partial charge is 0.305 e. The number of benzene rings is 2. The maximum absolute atomic E-state index is 13.9. The Kier molecular flexibility index (Phi) is 4.45. The molecule has 6 heteroatoms. The molecule has 112 valence electrons. The van der Waals surface area contributed by atoms with Gasteiger partial charge in [-0.2, -0.15) is 0 Å². The molecule has 3 rings (SSSR count). The minimum Gasteiger partial charge on any atom is -0.305 e. The Hall–Kier alpha value is -1.85. The van der Waals surface area contributed by atoms with Gasteiger partial charge in [0.1, 0.15) is 5.82 Å². The first-order valence-electron chi connectivity index (χ1n) is 6.66. The molecule has 0 fully saturated rings. The monoisotopic (exact) mass is 333 g/mol. The van der Waals surface area contributed by atoms with E-state index in [0.717, 1.165) is 16.5 Å². The summed E-state index contributed by atoms with van der Waals surface area (Å²) in [4.78, 5) is 0. The predicted molar refractivity (Wildman–Crippen MR) is 87.4 cm³/mol. The molecule has 3 aromatic rings. The summed E-state index contributed by atoms with van der Waals surface area (Å²) in [5, 5.41) is 9.70. The van der Waals surface area contributed by atoms with Crippen molar-refractivity contribution in [2.24, 2.45) is 7.05 Å². The van der Waals surface area contributed by atoms with E-state index in [-0.39, 0.29) is 5.82 Å². The number of nitrogens with zero attached hydrogens (tertiary/aromatic N) is 3. The summed E-state index contributed by atoms with van der Waals surface area (Å²) in [7, 11) is 1.84. The minimum atomic E-state index is -0.301. The highest BCUT2D eigenvalue weighted by molar-refractivity contribution is 7.98. The molecular weight excluding hydrogens is 321 g/mol. The molecule has 0 radical (unpaired) electrons. The maximum Gasteiger partial charge on any atom is 0.191 e. The molecule has 0 saturated carbocycles. The van der Waals surface area contributed by atoms with Crippen LogP contribution < -0.4 is 0 Å². The molecule has 1 heterocycles. The third-order valence-electron chi connectivity index (χ3n) is 3.21. The zero-order chi connectivity index (χ0) is 15.5. The van der Waals surface area contributed by atoms with Crippen molar-refractivity contribution in [1.82, 2.24) is 14.8 Å². The number of thioether (sulfide) groups is 1. The van der Waals surface area contributed by atoms with Gasteiger partial charge >= 0.3 is 0 Å². The highest BCUT2D eigenvalue weighted by Crippen LogP contribution is 2.27. The van der Waals surface area contributed by atoms with Crippen molar-refractivity contribution in [2.45, 2.75) is 10.9 Å². The van der Waals surface area contributed by atoms with Crippen LogP contribution in [0, 0.1) is 5.82 Å². The van der Waals surface area contributed by atoms with Crippen molar-refractivity contribution in [3.05, 3.63) is 64.9 Å². The third-order valence-corrected chi connectivity index (χ3v) is 4.53. The summed E-state index contributed by atoms with van der Waals surface area (Å²) in [6, 6.07) is 14.2. The van der Waals surface area contributed by atoms with E-state index in [0.29, 0.717) is 16.4 Å². The van der Waals surface area contributed by atoms with E-state index in [4.69, 9.17) is 11.6 Å². The van der Waals surface area contributed by atoms with E-state index in [1.165, 1.54) is 17.8 Å². The highest BCUT2D eigenvalue weighted by atomic mass is 35.5. The van der Waals surface area contributed by atoms with Crippen molar-refractivity contribution in [1.29, 1.82) is 0 Å². The van der Waals surface area contributed by atoms with Gasteiger partial charge < -0.3 is 4.57 Å². The van der Waals surface area contributed by atoms with Crippen LogP contribution in [0.15, 0.2) is 53.7 Å². The van der Waals surface area contributed by atoms with E-state index >= 15 is 0 Å². The van der Waals surface area contributed by atoms with Crippen LogP contribution in [0.25, 0.3) is 11.4 Å². The normalized spacial score (nSPS) is 10.9. The Morgan fingerprint density at radius 3 is 2.73 bits per heavy atom. The lowest BCUT2D eigenvalue weighted by molar-refractivity contribution is 0.628. The van der Waals surface area contributed by atoms with E-state index in [1.54, 1.807) is 22.8 Å². The molecule has 0 N–H and O–H groups in total. The third kappa shape index (κ3) is 3.15. The first-order valence-corrected chi connectivity index (χ1v) is 8.03. The SMILES string of the molecule is Cn1c(SCc2cccc(Cl)c2)nnc1-c1ccccc1F. The minimum absolute atomic E-state index is 0.301. The molecular formula is C16H13ClFN3S. The van der Waals surface area contributed by atoms with Crippen molar-refractivity contribution < 1.29 is 4.39 Å². The fourth-order valence-corrected chi connectivity index (χ4v) is 3.16. The summed E-state index contributed by atoms with van der Waals surface area (Å²) in [5.41, 5.74) is 1.56. The van der Waals surface area contributed by atoms with Gasteiger partial charge in [-0.05, 0) is 29.8 Å². The van der Waals surface area contributed by atoms with Crippen molar-refractivity contribution in [3.8, 4) is 11.4 Å².